The molecule has 0 heterocycles. The van der Waals surface area contributed by atoms with Crippen LogP contribution in [0.5, 0.6) is 0 Å². The second-order valence-electron chi connectivity index (χ2n) is 4.38. The average molecular weight is 297 g/mol. The lowest BCUT2D eigenvalue weighted by molar-refractivity contribution is -0.137. The second-order valence-corrected chi connectivity index (χ2v) is 4.81. The standard InChI is InChI=1S/C15H11ClF2O2/c16-11-4-1-9(2-5-11)12(8-15(19)20)10-3-6-13(17)14(18)7-10/h1-7,12H,8H2,(H,19,20). The number of aliphatic carboxylic acids is 1. The summed E-state index contributed by atoms with van der Waals surface area (Å²) in [6, 6.07) is 10.0. The highest BCUT2D eigenvalue weighted by Gasteiger charge is 2.19. The van der Waals surface area contributed by atoms with E-state index in [2.05, 4.69) is 0 Å². The van der Waals surface area contributed by atoms with E-state index in [1.807, 2.05) is 0 Å². The van der Waals surface area contributed by atoms with Crippen LogP contribution in [-0.4, -0.2) is 11.1 Å². The molecule has 0 aliphatic rings. The van der Waals surface area contributed by atoms with E-state index in [0.29, 0.717) is 16.1 Å². The highest BCUT2D eigenvalue weighted by molar-refractivity contribution is 6.30. The van der Waals surface area contributed by atoms with Crippen molar-refractivity contribution in [1.82, 2.24) is 0 Å². The Labute approximate surface area is 119 Å². The normalized spacial score (nSPS) is 12.2. The summed E-state index contributed by atoms with van der Waals surface area (Å²) in [6.07, 6.45) is -0.216. The van der Waals surface area contributed by atoms with Gasteiger partial charge in [0.05, 0.1) is 6.42 Å². The molecule has 20 heavy (non-hydrogen) atoms. The third-order valence-corrected chi connectivity index (χ3v) is 3.25. The summed E-state index contributed by atoms with van der Waals surface area (Å²) in [4.78, 5) is 11.0. The number of rotatable bonds is 4. The predicted molar refractivity (Wildman–Crippen MR) is 71.9 cm³/mol. The fraction of sp³-hybridized carbons (Fsp3) is 0.133. The first-order valence-corrected chi connectivity index (χ1v) is 6.27. The zero-order valence-corrected chi connectivity index (χ0v) is 11.1. The Hall–Kier alpha value is -1.94. The van der Waals surface area contributed by atoms with Gasteiger partial charge in [0.15, 0.2) is 11.6 Å². The molecule has 0 fully saturated rings. The van der Waals surface area contributed by atoms with Crippen LogP contribution >= 0.6 is 11.6 Å². The van der Waals surface area contributed by atoms with Crippen molar-refractivity contribution in [1.29, 1.82) is 0 Å². The van der Waals surface area contributed by atoms with Gasteiger partial charge >= 0.3 is 5.97 Å². The molecule has 0 saturated carbocycles. The lowest BCUT2D eigenvalue weighted by Gasteiger charge is -2.16. The molecule has 5 heteroatoms. The SMILES string of the molecule is O=C(O)CC(c1ccc(Cl)cc1)c1ccc(F)c(F)c1. The maximum absolute atomic E-state index is 13.3. The predicted octanol–water partition coefficient (Wildman–Crippen LogP) is 4.22. The van der Waals surface area contributed by atoms with Gasteiger partial charge in [-0.2, -0.15) is 0 Å². The first kappa shape index (κ1) is 14.5. The van der Waals surface area contributed by atoms with E-state index in [1.165, 1.54) is 6.07 Å². The fourth-order valence-corrected chi connectivity index (χ4v) is 2.15. The topological polar surface area (TPSA) is 37.3 Å². The zero-order chi connectivity index (χ0) is 14.7. The van der Waals surface area contributed by atoms with Gasteiger partial charge in [0.2, 0.25) is 0 Å². The van der Waals surface area contributed by atoms with Crippen molar-refractivity contribution >= 4 is 17.6 Å². The van der Waals surface area contributed by atoms with Crippen molar-refractivity contribution in [2.75, 3.05) is 0 Å². The second kappa shape index (κ2) is 6.01. The molecule has 2 nitrogen and oxygen atoms in total. The molecular formula is C15H11ClF2O2. The number of carboxylic acid groups (broad SMARTS) is 1. The summed E-state index contributed by atoms with van der Waals surface area (Å²) < 4.78 is 26.3. The Balaban J connectivity index is 2.43. The summed E-state index contributed by atoms with van der Waals surface area (Å²) in [7, 11) is 0. The molecule has 0 aliphatic heterocycles. The van der Waals surface area contributed by atoms with Crippen molar-refractivity contribution < 1.29 is 18.7 Å². The fourth-order valence-electron chi connectivity index (χ4n) is 2.03. The Morgan fingerprint density at radius 3 is 2.20 bits per heavy atom. The number of hydrogen-bond acceptors (Lipinski definition) is 1. The third-order valence-electron chi connectivity index (χ3n) is 3.00. The molecule has 104 valence electrons. The first-order valence-electron chi connectivity index (χ1n) is 5.89. The maximum atomic E-state index is 13.3. The van der Waals surface area contributed by atoms with Gasteiger partial charge in [0.1, 0.15) is 0 Å². The summed E-state index contributed by atoms with van der Waals surface area (Å²) in [5, 5.41) is 9.51. The molecule has 0 amide bonds. The van der Waals surface area contributed by atoms with Crippen LogP contribution in [0.3, 0.4) is 0 Å². The van der Waals surface area contributed by atoms with E-state index in [4.69, 9.17) is 16.7 Å². The van der Waals surface area contributed by atoms with Crippen LogP contribution in [0.1, 0.15) is 23.5 Å². The maximum Gasteiger partial charge on any atom is 0.304 e. The first-order chi connectivity index (χ1) is 9.47. The Kier molecular flexibility index (Phi) is 4.35. The van der Waals surface area contributed by atoms with E-state index in [0.717, 1.165) is 12.1 Å². The largest absolute Gasteiger partial charge is 0.481 e. The Bertz CT molecular complexity index is 626. The van der Waals surface area contributed by atoms with Crippen molar-refractivity contribution in [3.05, 3.63) is 70.2 Å². The van der Waals surface area contributed by atoms with Crippen molar-refractivity contribution in [2.45, 2.75) is 12.3 Å². The molecule has 2 aromatic carbocycles. The van der Waals surface area contributed by atoms with Gasteiger partial charge < -0.3 is 5.11 Å². The summed E-state index contributed by atoms with van der Waals surface area (Å²) in [5.74, 6) is -3.53. The summed E-state index contributed by atoms with van der Waals surface area (Å²) in [6.45, 7) is 0. The van der Waals surface area contributed by atoms with Crippen LogP contribution in [0.2, 0.25) is 5.02 Å². The minimum absolute atomic E-state index is 0.216. The molecular weight excluding hydrogens is 286 g/mol. The van der Waals surface area contributed by atoms with Crippen LogP contribution in [0.4, 0.5) is 8.78 Å². The molecule has 1 N–H and O–H groups in total. The van der Waals surface area contributed by atoms with Gasteiger partial charge in [-0.3, -0.25) is 4.79 Å². The molecule has 2 aromatic rings. The molecule has 0 aromatic heterocycles. The number of hydrogen-bond donors (Lipinski definition) is 1. The minimum Gasteiger partial charge on any atom is -0.481 e. The number of halogens is 3. The van der Waals surface area contributed by atoms with Crippen LogP contribution in [-0.2, 0) is 4.79 Å². The molecule has 0 aliphatic carbocycles. The summed E-state index contributed by atoms with van der Waals surface area (Å²) >= 11 is 5.79. The number of carboxylic acids is 1. The van der Waals surface area contributed by atoms with E-state index < -0.39 is 23.5 Å². The molecule has 2 rings (SSSR count). The van der Waals surface area contributed by atoms with Gasteiger partial charge in [-0.05, 0) is 35.4 Å². The summed E-state index contributed by atoms with van der Waals surface area (Å²) in [5.41, 5.74) is 1.09. The number of carbonyl (C=O) groups is 1. The van der Waals surface area contributed by atoms with Crippen LogP contribution in [0.15, 0.2) is 42.5 Å². The monoisotopic (exact) mass is 296 g/mol. The van der Waals surface area contributed by atoms with Crippen molar-refractivity contribution in [2.24, 2.45) is 0 Å². The Morgan fingerprint density at radius 1 is 1.05 bits per heavy atom. The third kappa shape index (κ3) is 3.33. The van der Waals surface area contributed by atoms with Gasteiger partial charge in [-0.15, -0.1) is 0 Å². The van der Waals surface area contributed by atoms with Gasteiger partial charge in [0, 0.05) is 10.9 Å². The van der Waals surface area contributed by atoms with Crippen molar-refractivity contribution in [3.63, 3.8) is 0 Å². The molecule has 0 spiro atoms. The molecule has 1 atom stereocenters. The lowest BCUT2D eigenvalue weighted by atomic mass is 9.88. The van der Waals surface area contributed by atoms with Crippen LogP contribution < -0.4 is 0 Å². The van der Waals surface area contributed by atoms with E-state index in [9.17, 15) is 13.6 Å². The molecule has 0 bridgehead atoms. The van der Waals surface area contributed by atoms with Gasteiger partial charge in [0.25, 0.3) is 0 Å². The van der Waals surface area contributed by atoms with Gasteiger partial charge in [-0.25, -0.2) is 8.78 Å². The van der Waals surface area contributed by atoms with E-state index >= 15 is 0 Å². The molecule has 0 saturated heterocycles. The van der Waals surface area contributed by atoms with Crippen LogP contribution in [0, 0.1) is 11.6 Å². The quantitative estimate of drug-likeness (QED) is 0.917. The zero-order valence-electron chi connectivity index (χ0n) is 10.3. The minimum atomic E-state index is -1.02. The lowest BCUT2D eigenvalue weighted by Crippen LogP contribution is -2.08. The molecule has 0 radical (unpaired) electrons. The molecule has 1 unspecified atom stereocenters. The van der Waals surface area contributed by atoms with E-state index in [-0.39, 0.29) is 6.42 Å². The highest BCUT2D eigenvalue weighted by atomic mass is 35.5. The highest BCUT2D eigenvalue weighted by Crippen LogP contribution is 2.29. The van der Waals surface area contributed by atoms with Crippen molar-refractivity contribution in [3.8, 4) is 0 Å². The van der Waals surface area contributed by atoms with Gasteiger partial charge in [-0.1, -0.05) is 29.8 Å². The average Bonchev–Trinajstić information content (AvgIpc) is 2.40. The van der Waals surface area contributed by atoms with Crippen LogP contribution in [0.25, 0.3) is 0 Å². The Morgan fingerprint density at radius 2 is 1.65 bits per heavy atom. The van der Waals surface area contributed by atoms with E-state index in [1.54, 1.807) is 24.3 Å². The smallest absolute Gasteiger partial charge is 0.304 e. The number of benzene rings is 2.